The minimum absolute atomic E-state index is 0.0752. The third kappa shape index (κ3) is 42.7. The van der Waals surface area contributed by atoms with Gasteiger partial charge in [-0.3, -0.25) is 14.4 Å². The van der Waals surface area contributed by atoms with Crippen LogP contribution in [0.5, 0.6) is 0 Å². The fourth-order valence-corrected chi connectivity index (χ4v) is 6.68. The summed E-state index contributed by atoms with van der Waals surface area (Å²) in [6.07, 6.45) is 60.4. The summed E-state index contributed by atoms with van der Waals surface area (Å²) in [4.78, 5) is 47.7. The van der Waals surface area contributed by atoms with Crippen molar-refractivity contribution in [3.63, 3.8) is 0 Å². The van der Waals surface area contributed by atoms with E-state index in [1.54, 1.807) is 0 Å². The summed E-state index contributed by atoms with van der Waals surface area (Å²) in [7, 11) is 0. The fourth-order valence-electron chi connectivity index (χ4n) is 6.68. The number of ether oxygens (including phenoxy) is 1. The largest absolute Gasteiger partial charge is 0.480 e. The molecule has 0 spiro atoms. The molecule has 0 aliphatic heterocycles. The second kappa shape index (κ2) is 46.5. The minimum Gasteiger partial charge on any atom is -0.480 e. The second-order valence-electron chi connectivity index (χ2n) is 16.2. The lowest BCUT2D eigenvalue weighted by Crippen LogP contribution is -2.47. The molecule has 2 atom stereocenters. The molecule has 9 nitrogen and oxygen atoms in total. The average molecular weight is 865 g/mol. The molecule has 0 aliphatic rings. The predicted octanol–water partition coefficient (Wildman–Crippen LogP) is 12.8. The molecule has 0 aliphatic carbocycles. The first-order chi connectivity index (χ1) is 30.3. The van der Waals surface area contributed by atoms with E-state index < -0.39 is 24.5 Å². The molecular formula is C53H88N2O7. The van der Waals surface area contributed by atoms with Gasteiger partial charge in [0, 0.05) is 12.8 Å². The molecule has 0 saturated heterocycles. The van der Waals surface area contributed by atoms with Gasteiger partial charge in [0.25, 0.3) is 0 Å². The van der Waals surface area contributed by atoms with Crippen molar-refractivity contribution in [2.75, 3.05) is 13.2 Å². The van der Waals surface area contributed by atoms with Gasteiger partial charge in [0.15, 0.2) is 0 Å². The Hall–Kier alpha value is -3.98. The van der Waals surface area contributed by atoms with Crippen molar-refractivity contribution in [3.05, 3.63) is 85.1 Å². The summed E-state index contributed by atoms with van der Waals surface area (Å²) in [5, 5.41) is 22.6. The first kappa shape index (κ1) is 58.0. The number of unbranched alkanes of at least 4 members (excludes halogenated alkanes) is 15. The molecule has 4 N–H and O–H groups in total. The smallest absolute Gasteiger partial charge is 0.328 e. The maximum absolute atomic E-state index is 12.8. The van der Waals surface area contributed by atoms with Gasteiger partial charge in [-0.1, -0.05) is 170 Å². The summed E-state index contributed by atoms with van der Waals surface area (Å²) in [6.45, 7) is 3.36. The van der Waals surface area contributed by atoms with Gasteiger partial charge in [0.1, 0.15) is 12.1 Å². The van der Waals surface area contributed by atoms with Crippen LogP contribution in [0.15, 0.2) is 85.1 Å². The third-order valence-electron chi connectivity index (χ3n) is 10.4. The summed E-state index contributed by atoms with van der Waals surface area (Å²) in [6, 6.07) is -1.39. The van der Waals surface area contributed by atoms with Crippen LogP contribution in [-0.2, 0) is 23.9 Å². The molecule has 0 radical (unpaired) electrons. The normalized spacial score (nSPS) is 13.2. The Kier molecular flexibility index (Phi) is 43.5. The molecule has 2 unspecified atom stereocenters. The number of carboxylic acids is 1. The Bertz CT molecular complexity index is 1310. The molecule has 0 heterocycles. The van der Waals surface area contributed by atoms with E-state index in [1.165, 1.54) is 57.8 Å². The summed E-state index contributed by atoms with van der Waals surface area (Å²) in [5.74, 6) is -2.40. The zero-order chi connectivity index (χ0) is 45.4. The third-order valence-corrected chi connectivity index (χ3v) is 10.4. The number of hydrogen-bond donors (Lipinski definition) is 4. The summed E-state index contributed by atoms with van der Waals surface area (Å²) < 4.78 is 6.01. The van der Waals surface area contributed by atoms with Crippen molar-refractivity contribution in [2.24, 2.45) is 0 Å². The predicted molar refractivity (Wildman–Crippen MR) is 259 cm³/mol. The highest BCUT2D eigenvalue weighted by atomic mass is 16.5. The van der Waals surface area contributed by atoms with Crippen LogP contribution in [-0.4, -0.2) is 59.3 Å². The molecule has 0 fully saturated rings. The van der Waals surface area contributed by atoms with Crippen LogP contribution in [0, 0.1) is 0 Å². The maximum Gasteiger partial charge on any atom is 0.328 e. The molecule has 0 aromatic carbocycles. The second-order valence-corrected chi connectivity index (χ2v) is 16.2. The van der Waals surface area contributed by atoms with E-state index in [-0.39, 0.29) is 30.9 Å². The van der Waals surface area contributed by atoms with Crippen molar-refractivity contribution in [2.45, 2.75) is 212 Å². The Labute approximate surface area is 377 Å². The van der Waals surface area contributed by atoms with Gasteiger partial charge in [-0.15, -0.1) is 0 Å². The Morgan fingerprint density at radius 1 is 0.500 bits per heavy atom. The molecule has 0 aromatic heterocycles. The van der Waals surface area contributed by atoms with Gasteiger partial charge in [-0.25, -0.2) is 4.79 Å². The minimum atomic E-state index is -1.39. The van der Waals surface area contributed by atoms with E-state index in [0.29, 0.717) is 19.3 Å². The van der Waals surface area contributed by atoms with Crippen LogP contribution in [0.4, 0.5) is 0 Å². The van der Waals surface area contributed by atoms with E-state index in [2.05, 4.69) is 110 Å². The van der Waals surface area contributed by atoms with Gasteiger partial charge < -0.3 is 25.6 Å². The number of esters is 1. The van der Waals surface area contributed by atoms with Crippen molar-refractivity contribution >= 4 is 23.8 Å². The molecule has 2 amide bonds. The standard InChI is InChI=1S/C53H88N2O7/c1-3-5-7-9-11-13-15-17-19-20-21-22-24-26-28-30-32-37-41-45-52(59)62-48(42-38-34-31-29-27-25-23-18-16-14-12-10-8-6-4-2)43-39-35-33-36-40-44-50(57)54-46-51(58)55-49(47-56)53(60)61/h5,7,11,13,17,19,21-22,25-28,32,37,48-49,56H,3-4,6,8-10,12,14-16,18,20,23-24,29-31,33-36,38-47H2,1-2H3,(H,54,57)(H,55,58)(H,60,61)/b7-5-,13-11-,19-17-,22-21-,27-25-,28-26-,37-32-. The zero-order valence-corrected chi connectivity index (χ0v) is 39.1. The molecule has 0 bridgehead atoms. The molecule has 9 heteroatoms. The molecule has 0 rings (SSSR count). The van der Waals surface area contributed by atoms with Crippen LogP contribution in [0.3, 0.4) is 0 Å². The Balaban J connectivity index is 4.50. The number of allylic oxidation sites excluding steroid dienone is 14. The van der Waals surface area contributed by atoms with Crippen LogP contribution >= 0.6 is 0 Å². The lowest BCUT2D eigenvalue weighted by molar-refractivity contribution is -0.149. The van der Waals surface area contributed by atoms with E-state index >= 15 is 0 Å². The average Bonchev–Trinajstić information content (AvgIpc) is 3.26. The van der Waals surface area contributed by atoms with Crippen molar-refractivity contribution < 1.29 is 34.1 Å². The molecule has 0 saturated carbocycles. The van der Waals surface area contributed by atoms with Crippen LogP contribution in [0.2, 0.25) is 0 Å². The van der Waals surface area contributed by atoms with Gasteiger partial charge in [0.05, 0.1) is 13.2 Å². The quantitative estimate of drug-likeness (QED) is 0.0272. The lowest BCUT2D eigenvalue weighted by atomic mass is 10.0. The SMILES string of the molecule is CC/C=C\C/C=C\C/C=C\C/C=C\C/C=C\C/C=C\CCC(=O)OC(CCCCC/C=C\CCCCCCCCCC)CCCCCCCC(=O)NCC(=O)NC(CO)C(=O)O. The number of aliphatic carboxylic acids is 1. The van der Waals surface area contributed by atoms with Crippen molar-refractivity contribution in [1.82, 2.24) is 10.6 Å². The van der Waals surface area contributed by atoms with E-state index in [0.717, 1.165) is 103 Å². The van der Waals surface area contributed by atoms with Crippen LogP contribution < -0.4 is 10.6 Å². The number of hydrogen-bond acceptors (Lipinski definition) is 6. The number of carboxylic acid groups (broad SMARTS) is 1. The number of aliphatic hydroxyl groups excluding tert-OH is 1. The first-order valence-corrected chi connectivity index (χ1v) is 24.5. The highest BCUT2D eigenvalue weighted by Crippen LogP contribution is 2.18. The van der Waals surface area contributed by atoms with Gasteiger partial charge >= 0.3 is 11.9 Å². The van der Waals surface area contributed by atoms with Gasteiger partial charge in [-0.2, -0.15) is 0 Å². The maximum atomic E-state index is 12.8. The number of rotatable bonds is 43. The van der Waals surface area contributed by atoms with Crippen molar-refractivity contribution in [1.29, 1.82) is 0 Å². The summed E-state index contributed by atoms with van der Waals surface area (Å²) >= 11 is 0. The highest BCUT2D eigenvalue weighted by molar-refractivity contribution is 5.87. The number of nitrogens with one attached hydrogen (secondary N) is 2. The fraction of sp³-hybridized carbons (Fsp3) is 0.660. The van der Waals surface area contributed by atoms with Gasteiger partial charge in [0.2, 0.25) is 11.8 Å². The molecule has 62 heavy (non-hydrogen) atoms. The zero-order valence-electron chi connectivity index (χ0n) is 39.1. The molecular weight excluding hydrogens is 777 g/mol. The van der Waals surface area contributed by atoms with Crippen LogP contribution in [0.25, 0.3) is 0 Å². The summed E-state index contributed by atoms with van der Waals surface area (Å²) in [5.41, 5.74) is 0. The molecule has 0 aromatic rings. The Morgan fingerprint density at radius 2 is 0.935 bits per heavy atom. The van der Waals surface area contributed by atoms with E-state index in [9.17, 15) is 19.2 Å². The molecule has 352 valence electrons. The van der Waals surface area contributed by atoms with E-state index in [4.69, 9.17) is 14.9 Å². The topological polar surface area (TPSA) is 142 Å². The van der Waals surface area contributed by atoms with Crippen molar-refractivity contribution in [3.8, 4) is 0 Å². The van der Waals surface area contributed by atoms with Crippen LogP contribution in [0.1, 0.15) is 200 Å². The highest BCUT2D eigenvalue weighted by Gasteiger charge is 2.19. The number of carbonyl (C=O) groups excluding carboxylic acids is 3. The number of carbonyl (C=O) groups is 4. The first-order valence-electron chi connectivity index (χ1n) is 24.5. The number of aliphatic hydroxyl groups is 1. The van der Waals surface area contributed by atoms with E-state index in [1.807, 2.05) is 0 Å². The Morgan fingerprint density at radius 3 is 1.44 bits per heavy atom. The van der Waals surface area contributed by atoms with Gasteiger partial charge in [-0.05, 0) is 103 Å². The lowest BCUT2D eigenvalue weighted by Gasteiger charge is -2.18. The number of amides is 2. The monoisotopic (exact) mass is 865 g/mol.